The standard InChI is InChI=1S/C22H26ClN3O5S/c1-31-15-3-13-24-21(27)20-4-2-14-26(20)22(28)16-5-9-18(10-6-16)25-32(29,30)19-11-7-17(23)8-12-19/h5-12,20,25H,2-4,13-15H2,1H3,(H,24,27)/t20-/m0/s1. The Morgan fingerprint density at radius 3 is 2.47 bits per heavy atom. The van der Waals surface area contributed by atoms with Gasteiger partial charge in [-0.25, -0.2) is 8.42 Å². The molecular formula is C22H26ClN3O5S. The van der Waals surface area contributed by atoms with E-state index in [2.05, 4.69) is 10.0 Å². The number of halogens is 1. The topological polar surface area (TPSA) is 105 Å². The molecule has 10 heteroatoms. The molecule has 1 aliphatic rings. The molecule has 1 saturated heterocycles. The van der Waals surface area contributed by atoms with Crippen molar-refractivity contribution in [3.63, 3.8) is 0 Å². The third-order valence-corrected chi connectivity index (χ3v) is 6.80. The molecule has 2 aromatic rings. The highest BCUT2D eigenvalue weighted by molar-refractivity contribution is 7.92. The molecule has 2 N–H and O–H groups in total. The van der Waals surface area contributed by atoms with Gasteiger partial charge >= 0.3 is 0 Å². The lowest BCUT2D eigenvalue weighted by Crippen LogP contribution is -2.46. The third-order valence-electron chi connectivity index (χ3n) is 5.15. The van der Waals surface area contributed by atoms with Crippen LogP contribution in [0.3, 0.4) is 0 Å². The molecule has 8 nitrogen and oxygen atoms in total. The van der Waals surface area contributed by atoms with E-state index < -0.39 is 16.1 Å². The van der Waals surface area contributed by atoms with Crippen molar-refractivity contribution in [2.45, 2.75) is 30.2 Å². The van der Waals surface area contributed by atoms with Gasteiger partial charge in [-0.15, -0.1) is 0 Å². The highest BCUT2D eigenvalue weighted by Crippen LogP contribution is 2.23. The smallest absolute Gasteiger partial charge is 0.261 e. The van der Waals surface area contributed by atoms with E-state index in [0.717, 1.165) is 6.42 Å². The molecular weight excluding hydrogens is 454 g/mol. The zero-order valence-electron chi connectivity index (χ0n) is 17.7. The monoisotopic (exact) mass is 479 g/mol. The molecule has 3 rings (SSSR count). The lowest BCUT2D eigenvalue weighted by molar-refractivity contribution is -0.124. The van der Waals surface area contributed by atoms with Gasteiger partial charge in [0, 0.05) is 43.1 Å². The van der Waals surface area contributed by atoms with Gasteiger partial charge < -0.3 is 15.0 Å². The van der Waals surface area contributed by atoms with Crippen molar-refractivity contribution in [3.8, 4) is 0 Å². The molecule has 0 saturated carbocycles. The molecule has 1 atom stereocenters. The van der Waals surface area contributed by atoms with Gasteiger partial charge in [0.15, 0.2) is 0 Å². The van der Waals surface area contributed by atoms with Crippen LogP contribution in [-0.2, 0) is 19.6 Å². The maximum atomic E-state index is 13.0. The van der Waals surface area contributed by atoms with Gasteiger partial charge in [0.1, 0.15) is 6.04 Å². The maximum absolute atomic E-state index is 13.0. The first-order valence-corrected chi connectivity index (χ1v) is 12.1. The van der Waals surface area contributed by atoms with Gasteiger partial charge in [-0.05, 0) is 67.8 Å². The predicted octanol–water partition coefficient (Wildman–Crippen LogP) is 2.90. The molecule has 2 amide bonds. The van der Waals surface area contributed by atoms with Crippen molar-refractivity contribution in [1.82, 2.24) is 10.2 Å². The minimum atomic E-state index is -3.78. The number of carbonyl (C=O) groups is 2. The number of likely N-dealkylation sites (tertiary alicyclic amines) is 1. The molecule has 32 heavy (non-hydrogen) atoms. The Kier molecular flexibility index (Phi) is 8.11. The van der Waals surface area contributed by atoms with E-state index in [0.29, 0.717) is 48.8 Å². The van der Waals surface area contributed by atoms with E-state index in [4.69, 9.17) is 16.3 Å². The summed E-state index contributed by atoms with van der Waals surface area (Å²) in [5.41, 5.74) is 0.712. The number of amides is 2. The van der Waals surface area contributed by atoms with Crippen LogP contribution in [0.15, 0.2) is 53.4 Å². The maximum Gasteiger partial charge on any atom is 0.261 e. The summed E-state index contributed by atoms with van der Waals surface area (Å²) in [6.45, 7) is 1.55. The predicted molar refractivity (Wildman–Crippen MR) is 122 cm³/mol. The van der Waals surface area contributed by atoms with Gasteiger partial charge in [-0.3, -0.25) is 14.3 Å². The summed E-state index contributed by atoms with van der Waals surface area (Å²) in [6.07, 6.45) is 2.07. The summed E-state index contributed by atoms with van der Waals surface area (Å²) in [5, 5.41) is 3.29. The Morgan fingerprint density at radius 2 is 1.81 bits per heavy atom. The van der Waals surface area contributed by atoms with Crippen molar-refractivity contribution in [2.24, 2.45) is 0 Å². The summed E-state index contributed by atoms with van der Waals surface area (Å²) in [6, 6.07) is 11.5. The van der Waals surface area contributed by atoms with Gasteiger partial charge in [0.05, 0.1) is 4.90 Å². The third kappa shape index (κ3) is 5.99. The number of benzene rings is 2. The van der Waals surface area contributed by atoms with Crippen LogP contribution in [0, 0.1) is 0 Å². The van der Waals surface area contributed by atoms with Crippen LogP contribution < -0.4 is 10.0 Å². The highest BCUT2D eigenvalue weighted by atomic mass is 35.5. The van der Waals surface area contributed by atoms with E-state index in [9.17, 15) is 18.0 Å². The van der Waals surface area contributed by atoms with Gasteiger partial charge in [-0.1, -0.05) is 11.6 Å². The van der Waals surface area contributed by atoms with Crippen molar-refractivity contribution >= 4 is 39.1 Å². The fourth-order valence-corrected chi connectivity index (χ4v) is 4.69. The summed E-state index contributed by atoms with van der Waals surface area (Å²) in [5.74, 6) is -0.425. The summed E-state index contributed by atoms with van der Waals surface area (Å²) in [4.78, 5) is 27.1. The van der Waals surface area contributed by atoms with Crippen LogP contribution in [0.4, 0.5) is 5.69 Å². The number of methoxy groups -OCH3 is 1. The normalized spacial score (nSPS) is 16.1. The average molecular weight is 480 g/mol. The summed E-state index contributed by atoms with van der Waals surface area (Å²) >= 11 is 5.81. The van der Waals surface area contributed by atoms with Gasteiger partial charge in [0.2, 0.25) is 5.91 Å². The minimum Gasteiger partial charge on any atom is -0.385 e. The number of nitrogens with one attached hydrogen (secondary N) is 2. The zero-order chi connectivity index (χ0) is 23.1. The van der Waals surface area contributed by atoms with Crippen molar-refractivity contribution in [1.29, 1.82) is 0 Å². The molecule has 0 aliphatic carbocycles. The Labute approximate surface area is 192 Å². The molecule has 1 heterocycles. The number of nitrogens with zero attached hydrogens (tertiary/aromatic N) is 1. The van der Waals surface area contributed by atoms with Gasteiger partial charge in [-0.2, -0.15) is 0 Å². The average Bonchev–Trinajstić information content (AvgIpc) is 3.27. The van der Waals surface area contributed by atoms with E-state index in [1.54, 1.807) is 24.1 Å². The lowest BCUT2D eigenvalue weighted by atomic mass is 10.1. The van der Waals surface area contributed by atoms with Crippen LogP contribution in [0.2, 0.25) is 5.02 Å². The molecule has 0 bridgehead atoms. The SMILES string of the molecule is COCCCNC(=O)[C@@H]1CCCN1C(=O)c1ccc(NS(=O)(=O)c2ccc(Cl)cc2)cc1. The summed E-state index contributed by atoms with van der Waals surface area (Å²) < 4.78 is 32.5. The molecule has 0 radical (unpaired) electrons. The van der Waals surface area contributed by atoms with Crippen molar-refractivity contribution < 1.29 is 22.7 Å². The zero-order valence-corrected chi connectivity index (χ0v) is 19.3. The molecule has 0 aromatic heterocycles. The molecule has 1 fully saturated rings. The van der Waals surface area contributed by atoms with Crippen molar-refractivity contribution in [2.75, 3.05) is 31.5 Å². The van der Waals surface area contributed by atoms with E-state index >= 15 is 0 Å². The largest absolute Gasteiger partial charge is 0.385 e. The molecule has 0 unspecified atom stereocenters. The summed E-state index contributed by atoms with van der Waals surface area (Å²) in [7, 11) is -2.17. The number of hydrogen-bond acceptors (Lipinski definition) is 5. The van der Waals surface area contributed by atoms with E-state index in [1.165, 1.54) is 36.4 Å². The first kappa shape index (κ1) is 24.0. The van der Waals surface area contributed by atoms with Crippen molar-refractivity contribution in [3.05, 3.63) is 59.1 Å². The number of ether oxygens (including phenoxy) is 1. The first-order chi connectivity index (χ1) is 15.3. The quantitative estimate of drug-likeness (QED) is 0.538. The number of sulfonamides is 1. The minimum absolute atomic E-state index is 0.0819. The highest BCUT2D eigenvalue weighted by Gasteiger charge is 2.34. The Bertz CT molecular complexity index is 1040. The number of anilines is 1. The first-order valence-electron chi connectivity index (χ1n) is 10.3. The van der Waals surface area contributed by atoms with Crippen LogP contribution in [-0.4, -0.2) is 58.0 Å². The Morgan fingerprint density at radius 1 is 1.12 bits per heavy atom. The van der Waals surface area contributed by atoms with Crippen LogP contribution in [0.1, 0.15) is 29.6 Å². The lowest BCUT2D eigenvalue weighted by Gasteiger charge is -2.24. The van der Waals surface area contributed by atoms with Crippen LogP contribution in [0.25, 0.3) is 0 Å². The molecule has 1 aliphatic heterocycles. The van der Waals surface area contributed by atoms with E-state index in [-0.39, 0.29) is 16.7 Å². The van der Waals surface area contributed by atoms with Gasteiger partial charge in [0.25, 0.3) is 15.9 Å². The second-order valence-corrected chi connectivity index (χ2v) is 9.55. The second kappa shape index (κ2) is 10.8. The van der Waals surface area contributed by atoms with E-state index in [1.807, 2.05) is 0 Å². The fourth-order valence-electron chi connectivity index (χ4n) is 3.50. The fraction of sp³-hybridized carbons (Fsp3) is 0.364. The molecule has 172 valence electrons. The molecule has 2 aromatic carbocycles. The Hall–Kier alpha value is -2.62. The van der Waals surface area contributed by atoms with Crippen LogP contribution >= 0.6 is 11.6 Å². The Balaban J connectivity index is 1.64. The molecule has 0 spiro atoms. The van der Waals surface area contributed by atoms with Crippen LogP contribution in [0.5, 0.6) is 0 Å². The number of rotatable bonds is 9. The second-order valence-electron chi connectivity index (χ2n) is 7.43. The number of hydrogen-bond donors (Lipinski definition) is 2. The number of carbonyl (C=O) groups excluding carboxylic acids is 2.